The number of carbonyl (C=O) groups is 2. The van der Waals surface area contributed by atoms with Crippen LogP contribution < -0.4 is 10.9 Å². The Labute approximate surface area is 159 Å². The minimum absolute atomic E-state index is 0.216. The smallest absolute Gasteiger partial charge is 0.315 e. The van der Waals surface area contributed by atoms with Crippen molar-refractivity contribution in [2.45, 2.75) is 13.5 Å². The van der Waals surface area contributed by atoms with Gasteiger partial charge in [0.05, 0.1) is 23.8 Å². The van der Waals surface area contributed by atoms with Gasteiger partial charge in [-0.1, -0.05) is 23.7 Å². The second kappa shape index (κ2) is 7.59. The van der Waals surface area contributed by atoms with Crippen LogP contribution >= 0.6 is 11.6 Å². The molecule has 3 rings (SSSR count). The van der Waals surface area contributed by atoms with Crippen LogP contribution in [0.1, 0.15) is 12.5 Å². The average molecular weight is 386 g/mol. The van der Waals surface area contributed by atoms with Crippen molar-refractivity contribution in [3.63, 3.8) is 0 Å². The number of carboxylic acids is 1. The van der Waals surface area contributed by atoms with E-state index >= 15 is 0 Å². The van der Waals surface area contributed by atoms with Gasteiger partial charge in [0.25, 0.3) is 5.56 Å². The van der Waals surface area contributed by atoms with E-state index in [1.54, 1.807) is 24.3 Å². The predicted octanol–water partition coefficient (Wildman–Crippen LogP) is 2.76. The van der Waals surface area contributed by atoms with E-state index in [1.165, 1.54) is 23.9 Å². The van der Waals surface area contributed by atoms with E-state index in [4.69, 9.17) is 16.7 Å². The topological polar surface area (TPSA) is 101 Å². The van der Waals surface area contributed by atoms with Crippen LogP contribution in [0.3, 0.4) is 0 Å². The van der Waals surface area contributed by atoms with E-state index in [1.807, 2.05) is 12.1 Å². The van der Waals surface area contributed by atoms with Crippen LogP contribution in [0.5, 0.6) is 0 Å². The van der Waals surface area contributed by atoms with E-state index < -0.39 is 17.8 Å². The monoisotopic (exact) mass is 385 g/mol. The number of aliphatic carboxylic acids is 1. The van der Waals surface area contributed by atoms with E-state index in [9.17, 15) is 14.4 Å². The van der Waals surface area contributed by atoms with Crippen LogP contribution in [0.25, 0.3) is 10.9 Å². The summed E-state index contributed by atoms with van der Waals surface area (Å²) in [6.07, 6.45) is 1.44. The largest absolute Gasteiger partial charge is 0.481 e. The lowest BCUT2D eigenvalue weighted by atomic mass is 10.1. The van der Waals surface area contributed by atoms with Crippen molar-refractivity contribution in [1.82, 2.24) is 9.55 Å². The second-order valence-electron chi connectivity index (χ2n) is 6.09. The summed E-state index contributed by atoms with van der Waals surface area (Å²) >= 11 is 5.87. The van der Waals surface area contributed by atoms with Crippen molar-refractivity contribution < 1.29 is 14.7 Å². The number of benzene rings is 2. The number of nitrogens with one attached hydrogen (secondary N) is 1. The Kier molecular flexibility index (Phi) is 5.23. The van der Waals surface area contributed by atoms with Crippen LogP contribution in [-0.4, -0.2) is 26.5 Å². The summed E-state index contributed by atoms with van der Waals surface area (Å²) in [6, 6.07) is 11.8. The summed E-state index contributed by atoms with van der Waals surface area (Å²) in [5, 5.41) is 12.4. The van der Waals surface area contributed by atoms with Gasteiger partial charge in [-0.05, 0) is 42.8 Å². The number of carboxylic acid groups (broad SMARTS) is 1. The summed E-state index contributed by atoms with van der Waals surface area (Å²) in [4.78, 5) is 39.7. The minimum atomic E-state index is -1.21. The second-order valence-corrected chi connectivity index (χ2v) is 6.52. The Hall–Kier alpha value is -3.19. The highest BCUT2D eigenvalue weighted by atomic mass is 35.5. The molecule has 138 valence electrons. The Morgan fingerprint density at radius 3 is 2.59 bits per heavy atom. The standard InChI is InChI=1S/C19H16ClN3O4/c1-11(19(26)27)17(24)22-14-6-7-15-16(8-14)21-10-23(18(15)25)9-12-2-4-13(20)5-3-12/h2-8,10-11H,9H2,1H3,(H,22,24)(H,26,27). The van der Waals surface area contributed by atoms with Crippen molar-refractivity contribution in [3.8, 4) is 0 Å². The molecule has 8 heteroatoms. The summed E-state index contributed by atoms with van der Waals surface area (Å²) in [7, 11) is 0. The molecule has 0 fully saturated rings. The maximum absolute atomic E-state index is 12.7. The van der Waals surface area contributed by atoms with Gasteiger partial charge >= 0.3 is 5.97 Å². The van der Waals surface area contributed by atoms with Crippen LogP contribution in [-0.2, 0) is 16.1 Å². The van der Waals surface area contributed by atoms with Gasteiger partial charge < -0.3 is 10.4 Å². The fourth-order valence-corrected chi connectivity index (χ4v) is 2.62. The molecule has 1 aromatic heterocycles. The molecule has 1 unspecified atom stereocenters. The number of anilines is 1. The van der Waals surface area contributed by atoms with Crippen LogP contribution in [0, 0.1) is 5.92 Å². The quantitative estimate of drug-likeness (QED) is 0.657. The number of rotatable bonds is 5. The molecule has 1 amide bonds. The first-order chi connectivity index (χ1) is 12.8. The molecule has 2 aromatic carbocycles. The predicted molar refractivity (Wildman–Crippen MR) is 102 cm³/mol. The Morgan fingerprint density at radius 1 is 1.22 bits per heavy atom. The minimum Gasteiger partial charge on any atom is -0.481 e. The molecular weight excluding hydrogens is 370 g/mol. The van der Waals surface area contributed by atoms with E-state index in [0.29, 0.717) is 28.2 Å². The van der Waals surface area contributed by atoms with Crippen molar-refractivity contribution >= 4 is 40.1 Å². The Balaban J connectivity index is 1.87. The molecule has 27 heavy (non-hydrogen) atoms. The zero-order valence-corrected chi connectivity index (χ0v) is 15.1. The first-order valence-electron chi connectivity index (χ1n) is 8.12. The van der Waals surface area contributed by atoms with Gasteiger partial charge in [-0.25, -0.2) is 4.98 Å². The molecule has 0 saturated heterocycles. The molecule has 1 atom stereocenters. The van der Waals surface area contributed by atoms with E-state index in [2.05, 4.69) is 10.3 Å². The molecule has 1 heterocycles. The van der Waals surface area contributed by atoms with Crippen molar-refractivity contribution in [1.29, 1.82) is 0 Å². The highest BCUT2D eigenvalue weighted by Crippen LogP contribution is 2.16. The first kappa shape index (κ1) is 18.6. The van der Waals surface area contributed by atoms with E-state index in [-0.39, 0.29) is 5.56 Å². The molecule has 0 aliphatic rings. The molecule has 0 aliphatic heterocycles. The zero-order chi connectivity index (χ0) is 19.6. The number of carbonyl (C=O) groups excluding carboxylic acids is 1. The molecule has 3 aromatic rings. The third kappa shape index (κ3) is 4.15. The average Bonchev–Trinajstić information content (AvgIpc) is 2.65. The lowest BCUT2D eigenvalue weighted by Crippen LogP contribution is -2.27. The summed E-state index contributed by atoms with van der Waals surface area (Å²) < 4.78 is 1.48. The molecule has 0 bridgehead atoms. The van der Waals surface area contributed by atoms with Crippen molar-refractivity contribution in [2.24, 2.45) is 5.92 Å². The SMILES string of the molecule is CC(C(=O)O)C(=O)Nc1ccc2c(=O)n(Cc3ccc(Cl)cc3)cnc2c1. The molecule has 0 saturated carbocycles. The van der Waals surface area contributed by atoms with Crippen molar-refractivity contribution in [3.05, 3.63) is 69.7 Å². The van der Waals surface area contributed by atoms with Gasteiger partial charge in [-0.2, -0.15) is 0 Å². The van der Waals surface area contributed by atoms with Crippen molar-refractivity contribution in [2.75, 3.05) is 5.32 Å². The normalized spacial score (nSPS) is 11.9. The summed E-state index contributed by atoms with van der Waals surface area (Å²) in [5.74, 6) is -3.03. The third-order valence-electron chi connectivity index (χ3n) is 4.12. The van der Waals surface area contributed by atoms with Gasteiger partial charge in [0, 0.05) is 10.7 Å². The summed E-state index contributed by atoms with van der Waals surface area (Å²) in [5.41, 5.74) is 1.48. The number of aromatic nitrogens is 2. The number of hydrogen-bond donors (Lipinski definition) is 2. The number of halogens is 1. The summed E-state index contributed by atoms with van der Waals surface area (Å²) in [6.45, 7) is 1.65. The van der Waals surface area contributed by atoms with Gasteiger partial charge in [0.2, 0.25) is 5.91 Å². The maximum Gasteiger partial charge on any atom is 0.315 e. The molecule has 0 aliphatic carbocycles. The number of nitrogens with zero attached hydrogens (tertiary/aromatic N) is 2. The van der Waals surface area contributed by atoms with Gasteiger partial charge in [0.15, 0.2) is 0 Å². The zero-order valence-electron chi connectivity index (χ0n) is 14.3. The first-order valence-corrected chi connectivity index (χ1v) is 8.50. The lowest BCUT2D eigenvalue weighted by Gasteiger charge is -2.10. The molecule has 0 spiro atoms. The van der Waals surface area contributed by atoms with E-state index in [0.717, 1.165) is 5.56 Å². The Morgan fingerprint density at radius 2 is 1.93 bits per heavy atom. The highest BCUT2D eigenvalue weighted by Gasteiger charge is 2.20. The van der Waals surface area contributed by atoms with Gasteiger partial charge in [-0.15, -0.1) is 0 Å². The number of hydrogen-bond acceptors (Lipinski definition) is 4. The fourth-order valence-electron chi connectivity index (χ4n) is 2.50. The molecule has 2 N–H and O–H groups in total. The van der Waals surface area contributed by atoms with Crippen LogP contribution in [0.4, 0.5) is 5.69 Å². The lowest BCUT2D eigenvalue weighted by molar-refractivity contribution is -0.144. The van der Waals surface area contributed by atoms with Gasteiger partial charge in [-0.3, -0.25) is 19.0 Å². The molecule has 0 radical (unpaired) electrons. The highest BCUT2D eigenvalue weighted by molar-refractivity contribution is 6.30. The molecular formula is C19H16ClN3O4. The number of fused-ring (bicyclic) bond motifs is 1. The molecule has 7 nitrogen and oxygen atoms in total. The Bertz CT molecular complexity index is 1080. The van der Waals surface area contributed by atoms with Gasteiger partial charge in [0.1, 0.15) is 5.92 Å². The number of amides is 1. The maximum atomic E-state index is 12.7. The van der Waals surface area contributed by atoms with Crippen LogP contribution in [0.15, 0.2) is 53.6 Å². The third-order valence-corrected chi connectivity index (χ3v) is 4.37. The van der Waals surface area contributed by atoms with Crippen LogP contribution in [0.2, 0.25) is 5.02 Å². The fraction of sp³-hybridized carbons (Fsp3) is 0.158.